The smallest absolute Gasteiger partial charge is 0.00853 e. The van der Waals surface area contributed by atoms with Crippen molar-refractivity contribution in [2.45, 2.75) is 106 Å². The first-order valence-electron chi connectivity index (χ1n) is 13.2. The van der Waals surface area contributed by atoms with Gasteiger partial charge < -0.3 is 0 Å². The molecule has 164 valence electrons. The lowest BCUT2D eigenvalue weighted by molar-refractivity contribution is -0.0558. The van der Waals surface area contributed by atoms with E-state index in [1.165, 1.54) is 64.2 Å². The van der Waals surface area contributed by atoms with E-state index < -0.39 is 0 Å². The Morgan fingerprint density at radius 2 is 1.79 bits per heavy atom. The molecule has 3 saturated carbocycles. The zero-order valence-electron chi connectivity index (χ0n) is 20.3. The van der Waals surface area contributed by atoms with Crippen LogP contribution in [0.3, 0.4) is 0 Å². The summed E-state index contributed by atoms with van der Waals surface area (Å²) in [6.45, 7) is 15.0. The summed E-state index contributed by atoms with van der Waals surface area (Å²) in [5, 5.41) is 0. The molecule has 29 heavy (non-hydrogen) atoms. The number of rotatable bonds is 5. The van der Waals surface area contributed by atoms with Crippen molar-refractivity contribution in [3.8, 4) is 0 Å². The van der Waals surface area contributed by atoms with Crippen LogP contribution in [-0.2, 0) is 0 Å². The number of hydrogen-bond acceptors (Lipinski definition) is 0. The third-order valence-electron chi connectivity index (χ3n) is 10.7. The van der Waals surface area contributed by atoms with E-state index in [9.17, 15) is 0 Å². The molecule has 0 heterocycles. The summed E-state index contributed by atoms with van der Waals surface area (Å²) in [6.07, 6.45) is 22.3. The molecule has 8 atom stereocenters. The van der Waals surface area contributed by atoms with Gasteiger partial charge in [0.2, 0.25) is 0 Å². The van der Waals surface area contributed by atoms with E-state index in [1.54, 1.807) is 0 Å². The van der Waals surface area contributed by atoms with Gasteiger partial charge in [-0.1, -0.05) is 65.3 Å². The summed E-state index contributed by atoms with van der Waals surface area (Å²) in [7, 11) is 0. The minimum atomic E-state index is 0.553. The minimum Gasteiger partial charge on any atom is -0.0851 e. The largest absolute Gasteiger partial charge is 0.0851 e. The molecule has 0 spiro atoms. The zero-order valence-corrected chi connectivity index (χ0v) is 20.3. The van der Waals surface area contributed by atoms with Crippen LogP contribution in [0.25, 0.3) is 0 Å². The number of hydrogen-bond donors (Lipinski definition) is 0. The van der Waals surface area contributed by atoms with E-state index in [0.717, 1.165) is 41.4 Å². The van der Waals surface area contributed by atoms with Crippen molar-refractivity contribution in [2.24, 2.45) is 52.3 Å². The number of allylic oxidation sites excluding steroid dienone is 4. The Labute approximate surface area is 182 Å². The van der Waals surface area contributed by atoms with Gasteiger partial charge in [0.1, 0.15) is 0 Å². The predicted molar refractivity (Wildman–Crippen MR) is 127 cm³/mol. The SMILES string of the molecule is CC[C@@H](/C=C/[C@@H](C)[C@H]1CC[C@H]2[C@@H]3CCC4=CCCC[C@]4(C)[C@H]3CC[C@]12C)C(C)C. The molecule has 0 unspecified atom stereocenters. The lowest BCUT2D eigenvalue weighted by Crippen LogP contribution is -2.50. The first-order valence-corrected chi connectivity index (χ1v) is 13.2. The van der Waals surface area contributed by atoms with Crippen molar-refractivity contribution < 1.29 is 0 Å². The van der Waals surface area contributed by atoms with Crippen LogP contribution >= 0.6 is 0 Å². The third kappa shape index (κ3) is 3.59. The fourth-order valence-corrected chi connectivity index (χ4v) is 8.94. The topological polar surface area (TPSA) is 0 Å². The second-order valence-electron chi connectivity index (χ2n) is 12.2. The maximum atomic E-state index is 2.71. The molecule has 0 nitrogen and oxygen atoms in total. The predicted octanol–water partition coefficient (Wildman–Crippen LogP) is 8.83. The molecule has 0 aromatic heterocycles. The van der Waals surface area contributed by atoms with Gasteiger partial charge in [0.05, 0.1) is 0 Å². The van der Waals surface area contributed by atoms with E-state index in [0.29, 0.717) is 10.8 Å². The van der Waals surface area contributed by atoms with Crippen LogP contribution in [0.5, 0.6) is 0 Å². The fourth-order valence-electron chi connectivity index (χ4n) is 8.94. The van der Waals surface area contributed by atoms with Gasteiger partial charge in [-0.05, 0) is 116 Å². The lowest BCUT2D eigenvalue weighted by Gasteiger charge is -2.58. The molecule has 0 aromatic rings. The molecule has 3 fully saturated rings. The van der Waals surface area contributed by atoms with Crippen LogP contribution in [-0.4, -0.2) is 0 Å². The van der Waals surface area contributed by atoms with Gasteiger partial charge in [0, 0.05) is 0 Å². The van der Waals surface area contributed by atoms with Crippen LogP contribution in [0, 0.1) is 52.3 Å². The first kappa shape index (κ1) is 21.7. The summed E-state index contributed by atoms with van der Waals surface area (Å²) in [5.41, 5.74) is 3.01. The highest BCUT2D eigenvalue weighted by Gasteiger charge is 2.58. The second-order valence-corrected chi connectivity index (χ2v) is 12.2. The molecule has 0 bridgehead atoms. The van der Waals surface area contributed by atoms with Crippen LogP contribution < -0.4 is 0 Å². The Kier molecular flexibility index (Phi) is 6.14. The quantitative estimate of drug-likeness (QED) is 0.407. The minimum absolute atomic E-state index is 0.553. The summed E-state index contributed by atoms with van der Waals surface area (Å²) in [6, 6.07) is 0. The maximum Gasteiger partial charge on any atom is -0.00853 e. The molecule has 4 rings (SSSR count). The van der Waals surface area contributed by atoms with Gasteiger partial charge in [-0.25, -0.2) is 0 Å². The van der Waals surface area contributed by atoms with Gasteiger partial charge in [0.25, 0.3) is 0 Å². The number of fused-ring (bicyclic) bond motifs is 5. The van der Waals surface area contributed by atoms with Crippen molar-refractivity contribution in [2.75, 3.05) is 0 Å². The molecule has 0 radical (unpaired) electrons. The van der Waals surface area contributed by atoms with Crippen LogP contribution in [0.4, 0.5) is 0 Å². The van der Waals surface area contributed by atoms with Crippen molar-refractivity contribution in [1.29, 1.82) is 0 Å². The normalized spacial score (nSPS) is 44.2. The Balaban J connectivity index is 1.51. The Morgan fingerprint density at radius 3 is 2.52 bits per heavy atom. The standard InChI is InChI=1S/C29H48/c1-7-22(20(2)3)12-11-21(4)25-15-16-26-24-14-13-23-10-8-9-18-28(23,5)27(24)17-19-29(25,26)6/h10-12,20-22,24-27H,7-9,13-19H2,1-6H3/b12-11+/t21-,22+,24+,25-,26+,27+,28+,29-/m1/s1. The Bertz CT molecular complexity index is 638. The molecule has 0 heteroatoms. The summed E-state index contributed by atoms with van der Waals surface area (Å²) in [5.74, 6) is 6.17. The van der Waals surface area contributed by atoms with E-state index in [2.05, 4.69) is 59.8 Å². The molecule has 0 saturated heterocycles. The van der Waals surface area contributed by atoms with Crippen molar-refractivity contribution in [3.63, 3.8) is 0 Å². The summed E-state index contributed by atoms with van der Waals surface area (Å²) < 4.78 is 0. The highest BCUT2D eigenvalue weighted by atomic mass is 14.6. The van der Waals surface area contributed by atoms with E-state index in [-0.39, 0.29) is 0 Å². The molecule has 0 aliphatic heterocycles. The van der Waals surface area contributed by atoms with E-state index in [1.807, 2.05) is 5.57 Å². The Hall–Kier alpha value is -0.520. The van der Waals surface area contributed by atoms with Crippen LogP contribution in [0.2, 0.25) is 0 Å². The van der Waals surface area contributed by atoms with Crippen molar-refractivity contribution >= 4 is 0 Å². The third-order valence-corrected chi connectivity index (χ3v) is 10.7. The van der Waals surface area contributed by atoms with Gasteiger partial charge in [-0.3, -0.25) is 0 Å². The maximum absolute atomic E-state index is 2.71. The molecule has 0 aromatic carbocycles. The fraction of sp³-hybridized carbons (Fsp3) is 0.862. The van der Waals surface area contributed by atoms with Crippen molar-refractivity contribution in [3.05, 3.63) is 23.8 Å². The first-order chi connectivity index (χ1) is 13.8. The molecule has 0 N–H and O–H groups in total. The van der Waals surface area contributed by atoms with E-state index in [4.69, 9.17) is 0 Å². The van der Waals surface area contributed by atoms with Crippen LogP contribution in [0.15, 0.2) is 23.8 Å². The average Bonchev–Trinajstić information content (AvgIpc) is 3.05. The second kappa shape index (κ2) is 8.20. The van der Waals surface area contributed by atoms with Gasteiger partial charge in [-0.2, -0.15) is 0 Å². The highest BCUT2D eigenvalue weighted by Crippen LogP contribution is 2.67. The van der Waals surface area contributed by atoms with Crippen LogP contribution in [0.1, 0.15) is 106 Å². The van der Waals surface area contributed by atoms with Gasteiger partial charge >= 0.3 is 0 Å². The highest BCUT2D eigenvalue weighted by molar-refractivity contribution is 5.24. The Morgan fingerprint density at radius 1 is 1.00 bits per heavy atom. The summed E-state index contributed by atoms with van der Waals surface area (Å²) in [4.78, 5) is 0. The van der Waals surface area contributed by atoms with Gasteiger partial charge in [0.15, 0.2) is 0 Å². The molecular formula is C29H48. The zero-order chi connectivity index (χ0) is 20.8. The van der Waals surface area contributed by atoms with Gasteiger partial charge in [-0.15, -0.1) is 0 Å². The summed E-state index contributed by atoms with van der Waals surface area (Å²) >= 11 is 0. The van der Waals surface area contributed by atoms with Crippen molar-refractivity contribution in [1.82, 2.24) is 0 Å². The molecule has 4 aliphatic carbocycles. The van der Waals surface area contributed by atoms with E-state index >= 15 is 0 Å². The molecule has 0 amide bonds. The average molecular weight is 397 g/mol. The molecular weight excluding hydrogens is 348 g/mol. The molecule has 4 aliphatic rings. The lowest BCUT2D eigenvalue weighted by atomic mass is 9.46. The monoisotopic (exact) mass is 396 g/mol.